The lowest BCUT2D eigenvalue weighted by Gasteiger charge is -2.45. The van der Waals surface area contributed by atoms with E-state index in [0.29, 0.717) is 0 Å². The molecule has 17 heavy (non-hydrogen) atoms. The minimum absolute atomic E-state index is 0.163. The Balaban J connectivity index is 2.26. The molecule has 0 aromatic carbocycles. The summed E-state index contributed by atoms with van der Waals surface area (Å²) in [6, 6.07) is 4.46. The van der Waals surface area contributed by atoms with Gasteiger partial charge >= 0.3 is 0 Å². The predicted molar refractivity (Wildman–Crippen MR) is 75.4 cm³/mol. The Labute approximate surface area is 109 Å². The van der Waals surface area contributed by atoms with Gasteiger partial charge < -0.3 is 5.73 Å². The topological polar surface area (TPSA) is 29.3 Å². The predicted octanol–water partition coefficient (Wildman–Crippen LogP) is 3.40. The smallest absolute Gasteiger partial charge is 0.0576 e. The molecule has 2 N–H and O–H groups in total. The highest BCUT2D eigenvalue weighted by molar-refractivity contribution is 7.10. The maximum absolute atomic E-state index is 6.59. The van der Waals surface area contributed by atoms with Gasteiger partial charge in [-0.1, -0.05) is 19.9 Å². The van der Waals surface area contributed by atoms with Gasteiger partial charge in [0.15, 0.2) is 0 Å². The standard InChI is InChI=1S/C14H24N2S/c1-3-14(4-2,16-9-5-6-10-16)13(15)12-8-7-11-17-12/h7-8,11,13H,3-6,9-10,15H2,1-2H3. The van der Waals surface area contributed by atoms with Gasteiger partial charge in [-0.05, 0) is 50.2 Å². The Kier molecular flexibility index (Phi) is 4.23. The van der Waals surface area contributed by atoms with E-state index < -0.39 is 0 Å². The third-order valence-electron chi connectivity index (χ3n) is 4.39. The Morgan fingerprint density at radius 3 is 2.47 bits per heavy atom. The number of nitrogens with zero attached hydrogens (tertiary/aromatic N) is 1. The third-order valence-corrected chi connectivity index (χ3v) is 5.34. The maximum Gasteiger partial charge on any atom is 0.0576 e. The molecule has 0 radical (unpaired) electrons. The minimum Gasteiger partial charge on any atom is -0.322 e. The summed E-state index contributed by atoms with van der Waals surface area (Å²) in [5.41, 5.74) is 6.76. The van der Waals surface area contributed by atoms with Gasteiger partial charge in [-0.2, -0.15) is 0 Å². The molecule has 0 amide bonds. The first kappa shape index (κ1) is 13.1. The molecule has 1 unspecified atom stereocenters. The van der Waals surface area contributed by atoms with E-state index in [1.165, 1.54) is 30.8 Å². The molecule has 96 valence electrons. The van der Waals surface area contributed by atoms with Crippen molar-refractivity contribution in [2.45, 2.75) is 51.1 Å². The van der Waals surface area contributed by atoms with Crippen LogP contribution in [0.2, 0.25) is 0 Å². The Morgan fingerprint density at radius 2 is 2.00 bits per heavy atom. The zero-order valence-corrected chi connectivity index (χ0v) is 11.8. The molecule has 0 aliphatic carbocycles. The fraction of sp³-hybridized carbons (Fsp3) is 0.714. The first-order chi connectivity index (χ1) is 8.24. The van der Waals surface area contributed by atoms with Crippen molar-refractivity contribution in [3.8, 4) is 0 Å². The van der Waals surface area contributed by atoms with Crippen LogP contribution in [0.1, 0.15) is 50.4 Å². The SMILES string of the molecule is CCC(CC)(C(N)c1cccs1)N1CCCC1. The molecule has 1 aromatic rings. The molecule has 1 atom stereocenters. The lowest BCUT2D eigenvalue weighted by atomic mass is 9.82. The number of nitrogens with two attached hydrogens (primary N) is 1. The fourth-order valence-corrected chi connectivity index (χ4v) is 4.07. The van der Waals surface area contributed by atoms with Gasteiger partial charge in [-0.3, -0.25) is 4.90 Å². The highest BCUT2D eigenvalue weighted by atomic mass is 32.1. The summed E-state index contributed by atoms with van der Waals surface area (Å²) in [6.45, 7) is 7.02. The second-order valence-corrected chi connectivity index (χ2v) is 5.98. The Morgan fingerprint density at radius 1 is 1.35 bits per heavy atom. The lowest BCUT2D eigenvalue weighted by molar-refractivity contribution is 0.0778. The van der Waals surface area contributed by atoms with Crippen LogP contribution in [0.3, 0.4) is 0 Å². The van der Waals surface area contributed by atoms with E-state index in [2.05, 4.69) is 36.3 Å². The quantitative estimate of drug-likeness (QED) is 0.870. The molecular weight excluding hydrogens is 228 g/mol. The van der Waals surface area contributed by atoms with Gasteiger partial charge in [-0.25, -0.2) is 0 Å². The molecule has 1 aliphatic heterocycles. The summed E-state index contributed by atoms with van der Waals surface area (Å²) < 4.78 is 0. The summed E-state index contributed by atoms with van der Waals surface area (Å²) in [4.78, 5) is 3.97. The second kappa shape index (κ2) is 5.51. The van der Waals surface area contributed by atoms with Gasteiger partial charge in [-0.15, -0.1) is 11.3 Å². The highest BCUT2D eigenvalue weighted by Crippen LogP contribution is 2.39. The van der Waals surface area contributed by atoms with Crippen molar-refractivity contribution in [1.29, 1.82) is 0 Å². The number of rotatable bonds is 5. The molecule has 1 aliphatic rings. The van der Waals surface area contributed by atoms with Crippen molar-refractivity contribution < 1.29 is 0 Å². The van der Waals surface area contributed by atoms with E-state index >= 15 is 0 Å². The summed E-state index contributed by atoms with van der Waals surface area (Å²) in [5, 5.41) is 2.13. The van der Waals surface area contributed by atoms with Crippen LogP contribution in [0.25, 0.3) is 0 Å². The van der Waals surface area contributed by atoms with Gasteiger partial charge in [0.2, 0.25) is 0 Å². The molecule has 0 spiro atoms. The van der Waals surface area contributed by atoms with Crippen LogP contribution in [-0.2, 0) is 0 Å². The van der Waals surface area contributed by atoms with Crippen LogP contribution in [0.15, 0.2) is 17.5 Å². The molecule has 0 bridgehead atoms. The average Bonchev–Trinajstić information content (AvgIpc) is 3.04. The minimum atomic E-state index is 0.163. The van der Waals surface area contributed by atoms with Gasteiger partial charge in [0.05, 0.1) is 6.04 Å². The van der Waals surface area contributed by atoms with Crippen LogP contribution in [0.4, 0.5) is 0 Å². The highest BCUT2D eigenvalue weighted by Gasteiger charge is 2.41. The monoisotopic (exact) mass is 252 g/mol. The van der Waals surface area contributed by atoms with Crippen molar-refractivity contribution in [3.05, 3.63) is 22.4 Å². The maximum atomic E-state index is 6.59. The van der Waals surface area contributed by atoms with E-state index in [-0.39, 0.29) is 11.6 Å². The molecule has 1 aromatic heterocycles. The molecule has 1 saturated heterocycles. The van der Waals surface area contributed by atoms with Crippen LogP contribution in [0.5, 0.6) is 0 Å². The lowest BCUT2D eigenvalue weighted by Crippen LogP contribution is -2.53. The normalized spacial score (nSPS) is 19.7. The van der Waals surface area contributed by atoms with Crippen molar-refractivity contribution in [2.75, 3.05) is 13.1 Å². The molecule has 3 heteroatoms. The molecule has 2 nitrogen and oxygen atoms in total. The zero-order valence-electron chi connectivity index (χ0n) is 11.0. The largest absolute Gasteiger partial charge is 0.322 e. The molecule has 1 fully saturated rings. The van der Waals surface area contributed by atoms with Gasteiger partial charge in [0, 0.05) is 10.4 Å². The van der Waals surface area contributed by atoms with E-state index in [1.807, 2.05) is 0 Å². The summed E-state index contributed by atoms with van der Waals surface area (Å²) in [7, 11) is 0. The van der Waals surface area contributed by atoms with Crippen molar-refractivity contribution in [2.24, 2.45) is 5.73 Å². The molecule has 0 saturated carbocycles. The Bertz CT molecular complexity index is 324. The Hall–Kier alpha value is -0.380. The number of likely N-dealkylation sites (tertiary alicyclic amines) is 1. The van der Waals surface area contributed by atoms with Crippen molar-refractivity contribution in [1.82, 2.24) is 4.90 Å². The van der Waals surface area contributed by atoms with Crippen molar-refractivity contribution in [3.63, 3.8) is 0 Å². The van der Waals surface area contributed by atoms with Crippen LogP contribution >= 0.6 is 11.3 Å². The van der Waals surface area contributed by atoms with Crippen LogP contribution in [0, 0.1) is 0 Å². The van der Waals surface area contributed by atoms with E-state index in [1.54, 1.807) is 11.3 Å². The number of hydrogen-bond donors (Lipinski definition) is 1. The zero-order chi connectivity index (χ0) is 12.3. The summed E-state index contributed by atoms with van der Waals surface area (Å²) in [6.07, 6.45) is 4.95. The first-order valence-electron chi connectivity index (χ1n) is 6.78. The van der Waals surface area contributed by atoms with Crippen molar-refractivity contribution >= 4 is 11.3 Å². The second-order valence-electron chi connectivity index (χ2n) is 5.00. The molecule has 2 rings (SSSR count). The van der Waals surface area contributed by atoms with E-state index in [0.717, 1.165) is 12.8 Å². The van der Waals surface area contributed by atoms with E-state index in [4.69, 9.17) is 5.73 Å². The molecule has 2 heterocycles. The summed E-state index contributed by atoms with van der Waals surface area (Å²) >= 11 is 1.80. The first-order valence-corrected chi connectivity index (χ1v) is 7.66. The third kappa shape index (κ3) is 2.28. The number of thiophene rings is 1. The van der Waals surface area contributed by atoms with Crippen LogP contribution < -0.4 is 5.73 Å². The van der Waals surface area contributed by atoms with E-state index in [9.17, 15) is 0 Å². The van der Waals surface area contributed by atoms with Gasteiger partial charge in [0.1, 0.15) is 0 Å². The molecular formula is C14H24N2S. The van der Waals surface area contributed by atoms with Gasteiger partial charge in [0.25, 0.3) is 0 Å². The average molecular weight is 252 g/mol. The fourth-order valence-electron chi connectivity index (χ4n) is 3.23. The van der Waals surface area contributed by atoms with Crippen LogP contribution in [-0.4, -0.2) is 23.5 Å². The number of hydrogen-bond acceptors (Lipinski definition) is 3. The summed E-state index contributed by atoms with van der Waals surface area (Å²) in [5.74, 6) is 0.